The van der Waals surface area contributed by atoms with E-state index in [0.717, 1.165) is 12.8 Å². The number of aromatic nitrogens is 1. The number of rotatable bonds is 5. The average molecular weight is 376 g/mol. The van der Waals surface area contributed by atoms with Crippen molar-refractivity contribution in [3.8, 4) is 11.7 Å². The SMILES string of the molecule is O=C(c1ccccn1)C1CCCN(C(=O)c2ccc(Oc3ccccc3)o2)C1. The van der Waals surface area contributed by atoms with E-state index in [1.54, 1.807) is 41.4 Å². The van der Waals surface area contributed by atoms with E-state index in [9.17, 15) is 9.59 Å². The van der Waals surface area contributed by atoms with Crippen molar-refractivity contribution in [1.82, 2.24) is 9.88 Å². The highest BCUT2D eigenvalue weighted by Crippen LogP contribution is 2.26. The molecule has 4 rings (SSSR count). The Morgan fingerprint density at radius 1 is 1.04 bits per heavy atom. The minimum Gasteiger partial charge on any atom is -0.426 e. The van der Waals surface area contributed by atoms with Crippen LogP contribution in [0.3, 0.4) is 0 Å². The lowest BCUT2D eigenvalue weighted by Gasteiger charge is -2.31. The predicted molar refractivity (Wildman–Crippen MR) is 102 cm³/mol. The molecule has 6 heteroatoms. The van der Waals surface area contributed by atoms with Crippen LogP contribution < -0.4 is 4.74 Å². The monoisotopic (exact) mass is 376 g/mol. The Bertz CT molecular complexity index is 953. The van der Waals surface area contributed by atoms with Crippen molar-refractivity contribution in [2.24, 2.45) is 5.92 Å². The van der Waals surface area contributed by atoms with Gasteiger partial charge in [-0.3, -0.25) is 14.6 Å². The molecule has 1 saturated heterocycles. The molecule has 1 unspecified atom stereocenters. The number of piperidine rings is 1. The van der Waals surface area contributed by atoms with Crippen molar-refractivity contribution in [3.05, 3.63) is 78.3 Å². The number of carbonyl (C=O) groups is 2. The van der Waals surface area contributed by atoms with E-state index in [-0.39, 0.29) is 29.3 Å². The molecule has 142 valence electrons. The molecule has 0 radical (unpaired) electrons. The molecule has 1 aliphatic heterocycles. The standard InChI is InChI=1S/C22H20N2O4/c25-21(18-10-4-5-13-23-18)16-7-6-14-24(15-16)22(26)19-11-12-20(28-19)27-17-8-2-1-3-9-17/h1-5,8-13,16H,6-7,14-15H2. The second kappa shape index (κ2) is 8.08. The number of hydrogen-bond donors (Lipinski definition) is 0. The third-order valence-electron chi connectivity index (χ3n) is 4.75. The lowest BCUT2D eigenvalue weighted by atomic mass is 9.92. The number of hydrogen-bond acceptors (Lipinski definition) is 5. The zero-order chi connectivity index (χ0) is 19.3. The fraction of sp³-hybridized carbons (Fsp3) is 0.227. The van der Waals surface area contributed by atoms with Gasteiger partial charge in [0.05, 0.1) is 0 Å². The van der Waals surface area contributed by atoms with Gasteiger partial charge in [-0.05, 0) is 43.2 Å². The van der Waals surface area contributed by atoms with Gasteiger partial charge in [0.25, 0.3) is 11.9 Å². The first kappa shape index (κ1) is 18.0. The predicted octanol–water partition coefficient (Wildman–Crippen LogP) is 4.20. The largest absolute Gasteiger partial charge is 0.426 e. The maximum Gasteiger partial charge on any atom is 0.290 e. The Morgan fingerprint density at radius 2 is 1.86 bits per heavy atom. The van der Waals surface area contributed by atoms with E-state index >= 15 is 0 Å². The van der Waals surface area contributed by atoms with Gasteiger partial charge in [-0.25, -0.2) is 0 Å². The van der Waals surface area contributed by atoms with Crippen molar-refractivity contribution >= 4 is 11.7 Å². The highest BCUT2D eigenvalue weighted by molar-refractivity contribution is 5.97. The third-order valence-corrected chi connectivity index (χ3v) is 4.75. The number of Topliss-reactive ketones (excluding diaryl/α,β-unsaturated/α-hetero) is 1. The smallest absolute Gasteiger partial charge is 0.290 e. The van der Waals surface area contributed by atoms with Crippen LogP contribution in [0.15, 0.2) is 71.3 Å². The normalized spacial score (nSPS) is 16.6. The molecular weight excluding hydrogens is 356 g/mol. The molecule has 0 bridgehead atoms. The molecule has 2 aromatic heterocycles. The number of pyridine rings is 1. The number of amides is 1. The van der Waals surface area contributed by atoms with Gasteiger partial charge in [0.2, 0.25) is 0 Å². The number of likely N-dealkylation sites (tertiary alicyclic amines) is 1. The summed E-state index contributed by atoms with van der Waals surface area (Å²) >= 11 is 0. The van der Waals surface area contributed by atoms with Crippen molar-refractivity contribution in [2.75, 3.05) is 13.1 Å². The first-order chi connectivity index (χ1) is 13.7. The van der Waals surface area contributed by atoms with Crippen LogP contribution in [0.2, 0.25) is 0 Å². The molecule has 6 nitrogen and oxygen atoms in total. The Kier molecular flexibility index (Phi) is 5.19. The van der Waals surface area contributed by atoms with E-state index in [2.05, 4.69) is 4.98 Å². The molecule has 1 aliphatic rings. The minimum absolute atomic E-state index is 0.0226. The average Bonchev–Trinajstić information content (AvgIpc) is 3.22. The number of furan rings is 1. The molecular formula is C22H20N2O4. The van der Waals surface area contributed by atoms with E-state index in [1.807, 2.05) is 30.3 Å². The maximum absolute atomic E-state index is 12.8. The third kappa shape index (κ3) is 3.96. The topological polar surface area (TPSA) is 72.6 Å². The summed E-state index contributed by atoms with van der Waals surface area (Å²) in [6.07, 6.45) is 3.12. The summed E-state index contributed by atoms with van der Waals surface area (Å²) in [5.41, 5.74) is 0.443. The van der Waals surface area contributed by atoms with Crippen LogP contribution in [0, 0.1) is 5.92 Å². The molecule has 3 heterocycles. The summed E-state index contributed by atoms with van der Waals surface area (Å²) < 4.78 is 11.2. The molecule has 0 spiro atoms. The number of carbonyl (C=O) groups excluding carboxylic acids is 2. The van der Waals surface area contributed by atoms with Crippen LogP contribution in [0.5, 0.6) is 11.7 Å². The molecule has 1 fully saturated rings. The first-order valence-electron chi connectivity index (χ1n) is 9.28. The van der Waals surface area contributed by atoms with E-state index in [4.69, 9.17) is 9.15 Å². The van der Waals surface area contributed by atoms with Crippen LogP contribution in [-0.4, -0.2) is 34.7 Å². The van der Waals surface area contributed by atoms with Crippen molar-refractivity contribution in [1.29, 1.82) is 0 Å². The van der Waals surface area contributed by atoms with Gasteiger partial charge >= 0.3 is 0 Å². The fourth-order valence-electron chi connectivity index (χ4n) is 3.34. The molecule has 1 atom stereocenters. The van der Waals surface area contributed by atoms with Crippen LogP contribution in [0.1, 0.15) is 33.9 Å². The second-order valence-electron chi connectivity index (χ2n) is 6.70. The van der Waals surface area contributed by atoms with E-state index < -0.39 is 0 Å². The molecule has 1 amide bonds. The number of para-hydroxylation sites is 1. The zero-order valence-electron chi connectivity index (χ0n) is 15.3. The number of ketones is 1. The number of benzene rings is 1. The summed E-state index contributed by atoms with van der Waals surface area (Å²) in [5.74, 6) is 0.592. The van der Waals surface area contributed by atoms with Crippen molar-refractivity contribution in [2.45, 2.75) is 12.8 Å². The highest BCUT2D eigenvalue weighted by atomic mass is 16.6. The Labute approximate surface area is 162 Å². The van der Waals surface area contributed by atoms with Crippen LogP contribution >= 0.6 is 0 Å². The first-order valence-corrected chi connectivity index (χ1v) is 9.28. The molecule has 0 saturated carbocycles. The van der Waals surface area contributed by atoms with Crippen molar-refractivity contribution in [3.63, 3.8) is 0 Å². The van der Waals surface area contributed by atoms with Gasteiger partial charge in [0.1, 0.15) is 11.4 Å². The summed E-state index contributed by atoms with van der Waals surface area (Å²) in [4.78, 5) is 31.3. The van der Waals surface area contributed by atoms with Gasteiger partial charge < -0.3 is 14.1 Å². The Hall–Kier alpha value is -3.41. The minimum atomic E-state index is -0.248. The maximum atomic E-state index is 12.8. The number of nitrogens with zero attached hydrogens (tertiary/aromatic N) is 2. The fourth-order valence-corrected chi connectivity index (χ4v) is 3.34. The lowest BCUT2D eigenvalue weighted by molar-refractivity contribution is 0.0605. The van der Waals surface area contributed by atoms with Gasteiger partial charge in [-0.2, -0.15) is 0 Å². The summed E-state index contributed by atoms with van der Waals surface area (Å²) in [7, 11) is 0. The van der Waals surface area contributed by atoms with Gasteiger partial charge in [0, 0.05) is 31.3 Å². The van der Waals surface area contributed by atoms with Crippen LogP contribution in [0.25, 0.3) is 0 Å². The van der Waals surface area contributed by atoms with Crippen LogP contribution in [0.4, 0.5) is 0 Å². The zero-order valence-corrected chi connectivity index (χ0v) is 15.3. The quantitative estimate of drug-likeness (QED) is 0.624. The van der Waals surface area contributed by atoms with Crippen molar-refractivity contribution < 1.29 is 18.7 Å². The van der Waals surface area contributed by atoms with Gasteiger partial charge in [0.15, 0.2) is 11.5 Å². The highest BCUT2D eigenvalue weighted by Gasteiger charge is 2.31. The van der Waals surface area contributed by atoms with Gasteiger partial charge in [-0.1, -0.05) is 24.3 Å². The molecule has 0 N–H and O–H groups in total. The Balaban J connectivity index is 1.42. The molecule has 1 aromatic carbocycles. The van der Waals surface area contributed by atoms with E-state index in [0.29, 0.717) is 24.5 Å². The van der Waals surface area contributed by atoms with E-state index in [1.165, 1.54) is 0 Å². The van der Waals surface area contributed by atoms with Gasteiger partial charge in [-0.15, -0.1) is 0 Å². The molecule has 0 aliphatic carbocycles. The summed E-state index contributed by atoms with van der Waals surface area (Å²) in [5, 5.41) is 0. The molecule has 3 aromatic rings. The lowest BCUT2D eigenvalue weighted by Crippen LogP contribution is -2.42. The molecule has 28 heavy (non-hydrogen) atoms. The summed E-state index contributed by atoms with van der Waals surface area (Å²) in [6.45, 7) is 0.963. The second-order valence-corrected chi connectivity index (χ2v) is 6.70. The summed E-state index contributed by atoms with van der Waals surface area (Å²) in [6, 6.07) is 17.7. The Morgan fingerprint density at radius 3 is 2.64 bits per heavy atom. The number of ether oxygens (including phenoxy) is 1. The van der Waals surface area contributed by atoms with Crippen LogP contribution in [-0.2, 0) is 0 Å².